The van der Waals surface area contributed by atoms with Crippen LogP contribution in [0.3, 0.4) is 0 Å². The summed E-state index contributed by atoms with van der Waals surface area (Å²) in [5.74, 6) is 0.652. The van der Waals surface area contributed by atoms with Crippen molar-refractivity contribution < 1.29 is 0 Å². The van der Waals surface area contributed by atoms with Gasteiger partial charge < -0.3 is 11.1 Å². The van der Waals surface area contributed by atoms with Gasteiger partial charge >= 0.3 is 0 Å². The fraction of sp³-hybridized carbons (Fsp3) is 0.353. The van der Waals surface area contributed by atoms with Gasteiger partial charge in [-0.1, -0.05) is 43.3 Å². The Bertz CT molecular complexity index is 537. The number of rotatable bonds is 6. The first-order valence-corrected chi connectivity index (χ1v) is 7.20. The zero-order chi connectivity index (χ0) is 14.4. The summed E-state index contributed by atoms with van der Waals surface area (Å²) in [6.07, 6.45) is 3.78. The maximum absolute atomic E-state index is 5.96. The molecule has 3 nitrogen and oxygen atoms in total. The lowest BCUT2D eigenvalue weighted by molar-refractivity contribution is 0.515. The molecule has 3 N–H and O–H groups in total. The molecule has 0 saturated heterocycles. The normalized spacial score (nSPS) is 12.3. The van der Waals surface area contributed by atoms with Crippen LogP contribution in [0, 0.1) is 6.92 Å². The van der Waals surface area contributed by atoms with E-state index in [1.165, 1.54) is 5.56 Å². The summed E-state index contributed by atoms with van der Waals surface area (Å²) >= 11 is 0. The number of nitrogens with one attached hydrogen (secondary N) is 1. The number of aromatic nitrogens is 1. The second kappa shape index (κ2) is 7.06. The van der Waals surface area contributed by atoms with Crippen LogP contribution in [-0.2, 0) is 6.42 Å². The second-order valence-electron chi connectivity index (χ2n) is 5.12. The summed E-state index contributed by atoms with van der Waals surface area (Å²) in [7, 11) is 0. The second-order valence-corrected chi connectivity index (χ2v) is 5.12. The van der Waals surface area contributed by atoms with E-state index in [2.05, 4.69) is 60.5 Å². The van der Waals surface area contributed by atoms with E-state index >= 15 is 0 Å². The van der Waals surface area contributed by atoms with E-state index in [-0.39, 0.29) is 0 Å². The highest BCUT2D eigenvalue weighted by atomic mass is 14.9. The fourth-order valence-electron chi connectivity index (χ4n) is 2.46. The van der Waals surface area contributed by atoms with Gasteiger partial charge in [-0.3, -0.25) is 0 Å². The Kier molecular flexibility index (Phi) is 5.13. The molecule has 1 aromatic carbocycles. The Morgan fingerprint density at radius 2 is 2.00 bits per heavy atom. The molecule has 0 spiro atoms. The fourth-order valence-corrected chi connectivity index (χ4v) is 2.46. The minimum Gasteiger partial charge on any atom is -0.383 e. The summed E-state index contributed by atoms with van der Waals surface area (Å²) in [6.45, 7) is 5.15. The molecule has 1 heterocycles. The Hall–Kier alpha value is -1.87. The van der Waals surface area contributed by atoms with E-state index in [4.69, 9.17) is 5.73 Å². The van der Waals surface area contributed by atoms with Gasteiger partial charge in [0.05, 0.1) is 0 Å². The molecule has 0 amide bonds. The topological polar surface area (TPSA) is 50.9 Å². The maximum atomic E-state index is 5.96. The largest absolute Gasteiger partial charge is 0.383 e. The third-order valence-corrected chi connectivity index (χ3v) is 3.49. The van der Waals surface area contributed by atoms with Gasteiger partial charge in [0.2, 0.25) is 0 Å². The molecule has 2 rings (SSSR count). The van der Waals surface area contributed by atoms with Gasteiger partial charge in [0.15, 0.2) is 0 Å². The number of anilines is 1. The number of nitrogens with zero attached hydrogens (tertiary/aromatic N) is 1. The van der Waals surface area contributed by atoms with Gasteiger partial charge in [0.1, 0.15) is 5.82 Å². The summed E-state index contributed by atoms with van der Waals surface area (Å²) in [5, 5.41) is 3.54. The third-order valence-electron chi connectivity index (χ3n) is 3.49. The number of nitrogens with two attached hydrogens (primary N) is 1. The number of benzene rings is 1. The van der Waals surface area contributed by atoms with Crippen LogP contribution in [0.25, 0.3) is 0 Å². The van der Waals surface area contributed by atoms with Crippen LogP contribution < -0.4 is 11.1 Å². The van der Waals surface area contributed by atoms with Crippen molar-refractivity contribution in [2.24, 2.45) is 0 Å². The first-order chi connectivity index (χ1) is 9.70. The first-order valence-electron chi connectivity index (χ1n) is 7.20. The van der Waals surface area contributed by atoms with E-state index in [0.29, 0.717) is 11.9 Å². The van der Waals surface area contributed by atoms with Crippen molar-refractivity contribution in [2.75, 3.05) is 12.3 Å². The van der Waals surface area contributed by atoms with Crippen LogP contribution in [0.15, 0.2) is 42.6 Å². The summed E-state index contributed by atoms with van der Waals surface area (Å²) < 4.78 is 0. The number of nitrogen functional groups attached to an aromatic ring is 1. The van der Waals surface area contributed by atoms with Crippen molar-refractivity contribution in [1.82, 2.24) is 10.3 Å². The smallest absolute Gasteiger partial charge is 0.126 e. The minimum absolute atomic E-state index is 0.362. The minimum atomic E-state index is 0.362. The zero-order valence-electron chi connectivity index (χ0n) is 12.3. The molecule has 3 heteroatoms. The lowest BCUT2D eigenvalue weighted by Crippen LogP contribution is -2.21. The molecule has 0 aliphatic heterocycles. The lowest BCUT2D eigenvalue weighted by Gasteiger charge is -2.18. The van der Waals surface area contributed by atoms with Crippen LogP contribution in [0.1, 0.15) is 36.1 Å². The quantitative estimate of drug-likeness (QED) is 0.846. The molecule has 2 aromatic rings. The van der Waals surface area contributed by atoms with Crippen molar-refractivity contribution in [3.8, 4) is 0 Å². The average molecular weight is 269 g/mol. The van der Waals surface area contributed by atoms with Crippen molar-refractivity contribution >= 4 is 5.82 Å². The van der Waals surface area contributed by atoms with Crippen LogP contribution >= 0.6 is 0 Å². The number of hydrogen-bond acceptors (Lipinski definition) is 3. The average Bonchev–Trinajstić information content (AvgIpc) is 2.47. The van der Waals surface area contributed by atoms with Gasteiger partial charge in [-0.2, -0.15) is 0 Å². The Morgan fingerprint density at radius 1 is 1.25 bits per heavy atom. The van der Waals surface area contributed by atoms with Crippen LogP contribution in [0.2, 0.25) is 0 Å². The van der Waals surface area contributed by atoms with Gasteiger partial charge in [-0.15, -0.1) is 0 Å². The monoisotopic (exact) mass is 269 g/mol. The first kappa shape index (κ1) is 14.5. The molecule has 20 heavy (non-hydrogen) atoms. The van der Waals surface area contributed by atoms with Crippen molar-refractivity contribution in [1.29, 1.82) is 0 Å². The van der Waals surface area contributed by atoms with Gasteiger partial charge in [-0.25, -0.2) is 4.98 Å². The number of pyridine rings is 1. The van der Waals surface area contributed by atoms with Crippen molar-refractivity contribution in [2.45, 2.75) is 32.7 Å². The molecule has 0 aliphatic carbocycles. The molecule has 1 aromatic heterocycles. The van der Waals surface area contributed by atoms with Crippen molar-refractivity contribution in [3.05, 3.63) is 59.3 Å². The van der Waals surface area contributed by atoms with Crippen LogP contribution in [0.4, 0.5) is 5.82 Å². The standard InChI is InChI=1S/C17H23N3/c1-3-19-16(14-7-5-4-6-8-14)10-9-15-11-13(2)12-20-17(15)18/h4-8,11-12,16,19H,3,9-10H2,1-2H3,(H2,18,20). The molecular formula is C17H23N3. The van der Waals surface area contributed by atoms with Gasteiger partial charge in [-0.05, 0) is 43.0 Å². The summed E-state index contributed by atoms with van der Waals surface area (Å²) in [6, 6.07) is 13.1. The molecule has 0 fully saturated rings. The predicted octanol–water partition coefficient (Wildman–Crippen LogP) is 3.26. The molecule has 0 radical (unpaired) electrons. The number of aryl methyl sites for hydroxylation is 2. The number of hydrogen-bond donors (Lipinski definition) is 2. The Labute approximate surface area is 121 Å². The van der Waals surface area contributed by atoms with Gasteiger partial charge in [0, 0.05) is 12.2 Å². The SMILES string of the molecule is CCNC(CCc1cc(C)cnc1N)c1ccccc1. The van der Waals surface area contributed by atoms with Gasteiger partial charge in [0.25, 0.3) is 0 Å². The van der Waals surface area contributed by atoms with E-state index in [1.54, 1.807) is 0 Å². The zero-order valence-corrected chi connectivity index (χ0v) is 12.3. The molecule has 106 valence electrons. The van der Waals surface area contributed by atoms with Crippen LogP contribution in [0.5, 0.6) is 0 Å². The lowest BCUT2D eigenvalue weighted by atomic mass is 9.98. The highest BCUT2D eigenvalue weighted by Crippen LogP contribution is 2.21. The molecule has 0 bridgehead atoms. The van der Waals surface area contributed by atoms with E-state index < -0.39 is 0 Å². The van der Waals surface area contributed by atoms with E-state index in [0.717, 1.165) is 30.5 Å². The molecule has 1 atom stereocenters. The van der Waals surface area contributed by atoms with E-state index in [9.17, 15) is 0 Å². The van der Waals surface area contributed by atoms with Crippen molar-refractivity contribution in [3.63, 3.8) is 0 Å². The molecule has 0 saturated carbocycles. The predicted molar refractivity (Wildman–Crippen MR) is 84.6 cm³/mol. The molecule has 0 aliphatic rings. The third kappa shape index (κ3) is 3.81. The highest BCUT2D eigenvalue weighted by molar-refractivity contribution is 5.40. The molecule has 1 unspecified atom stereocenters. The van der Waals surface area contributed by atoms with E-state index in [1.807, 2.05) is 6.20 Å². The van der Waals surface area contributed by atoms with Crippen LogP contribution in [-0.4, -0.2) is 11.5 Å². The maximum Gasteiger partial charge on any atom is 0.126 e. The summed E-state index contributed by atoms with van der Waals surface area (Å²) in [5.41, 5.74) is 9.59. The summed E-state index contributed by atoms with van der Waals surface area (Å²) in [4.78, 5) is 4.23. The Morgan fingerprint density at radius 3 is 2.70 bits per heavy atom. The molecular weight excluding hydrogens is 246 g/mol. The highest BCUT2D eigenvalue weighted by Gasteiger charge is 2.11. The Balaban J connectivity index is 2.07.